The van der Waals surface area contributed by atoms with Crippen molar-refractivity contribution in [1.29, 1.82) is 0 Å². The van der Waals surface area contributed by atoms with Crippen LogP contribution in [0, 0.1) is 0 Å². The fraction of sp³-hybridized carbons (Fsp3) is 0.231. The minimum absolute atomic E-state index is 0.134. The highest BCUT2D eigenvalue weighted by molar-refractivity contribution is 7.89. The Morgan fingerprint density at radius 2 is 2.05 bits per heavy atom. The molecule has 5 nitrogen and oxygen atoms in total. The molecule has 0 saturated carbocycles. The average molecular weight is 309 g/mol. The van der Waals surface area contributed by atoms with E-state index in [9.17, 15) is 8.42 Å². The number of sulfonamides is 1. The SMILES string of the molecule is CC(C(N)=S)N(C)S(=O)(=O)c1cccc2ncccc12. The maximum absolute atomic E-state index is 12.7. The summed E-state index contributed by atoms with van der Waals surface area (Å²) in [5, 5.41) is 0.581. The van der Waals surface area contributed by atoms with Crippen LogP contribution in [0.1, 0.15) is 6.92 Å². The molecule has 106 valence electrons. The van der Waals surface area contributed by atoms with Gasteiger partial charge in [0.2, 0.25) is 10.0 Å². The molecule has 2 rings (SSSR count). The summed E-state index contributed by atoms with van der Waals surface area (Å²) in [6, 6.07) is 7.88. The quantitative estimate of drug-likeness (QED) is 0.867. The summed E-state index contributed by atoms with van der Waals surface area (Å²) in [4.78, 5) is 4.50. The Morgan fingerprint density at radius 1 is 1.35 bits per heavy atom. The van der Waals surface area contributed by atoms with Crippen LogP contribution in [-0.4, -0.2) is 35.8 Å². The number of fused-ring (bicyclic) bond motifs is 1. The van der Waals surface area contributed by atoms with Crippen molar-refractivity contribution in [1.82, 2.24) is 9.29 Å². The smallest absolute Gasteiger partial charge is 0.244 e. The Labute approximate surface area is 123 Å². The zero-order chi connectivity index (χ0) is 14.9. The van der Waals surface area contributed by atoms with Gasteiger partial charge in [-0.15, -0.1) is 0 Å². The second-order valence-corrected chi connectivity index (χ2v) is 6.86. The van der Waals surface area contributed by atoms with Crippen molar-refractivity contribution in [3.8, 4) is 0 Å². The van der Waals surface area contributed by atoms with E-state index >= 15 is 0 Å². The maximum atomic E-state index is 12.7. The highest BCUT2D eigenvalue weighted by Crippen LogP contribution is 2.24. The summed E-state index contributed by atoms with van der Waals surface area (Å²) in [6.45, 7) is 1.66. The maximum Gasteiger partial charge on any atom is 0.244 e. The Balaban J connectivity index is 2.61. The lowest BCUT2D eigenvalue weighted by Crippen LogP contribution is -2.42. The third-order valence-electron chi connectivity index (χ3n) is 3.22. The van der Waals surface area contributed by atoms with E-state index in [1.54, 1.807) is 43.5 Å². The number of nitrogens with zero attached hydrogens (tertiary/aromatic N) is 2. The molecule has 1 unspecified atom stereocenters. The van der Waals surface area contributed by atoms with E-state index in [2.05, 4.69) is 4.98 Å². The lowest BCUT2D eigenvalue weighted by Gasteiger charge is -2.23. The van der Waals surface area contributed by atoms with Crippen molar-refractivity contribution in [2.45, 2.75) is 17.9 Å². The number of hydrogen-bond donors (Lipinski definition) is 1. The summed E-state index contributed by atoms with van der Waals surface area (Å²) >= 11 is 4.87. The van der Waals surface area contributed by atoms with Gasteiger partial charge in [0.05, 0.1) is 21.4 Å². The molecule has 0 amide bonds. The van der Waals surface area contributed by atoms with Gasteiger partial charge < -0.3 is 5.73 Å². The number of benzene rings is 1. The molecule has 1 atom stereocenters. The van der Waals surface area contributed by atoms with Gasteiger partial charge in [-0.3, -0.25) is 4.98 Å². The first-order valence-electron chi connectivity index (χ1n) is 5.97. The first-order chi connectivity index (χ1) is 9.35. The molecule has 0 aliphatic carbocycles. The van der Waals surface area contributed by atoms with Crippen molar-refractivity contribution < 1.29 is 8.42 Å². The fourth-order valence-corrected chi connectivity index (χ4v) is 3.61. The van der Waals surface area contributed by atoms with Crippen LogP contribution in [0.4, 0.5) is 0 Å². The van der Waals surface area contributed by atoms with Gasteiger partial charge in [-0.1, -0.05) is 18.3 Å². The first kappa shape index (κ1) is 14.8. The minimum Gasteiger partial charge on any atom is -0.392 e. The van der Waals surface area contributed by atoms with Gasteiger partial charge in [-0.2, -0.15) is 4.31 Å². The summed E-state index contributed by atoms with van der Waals surface area (Å²) in [5.41, 5.74) is 6.17. The molecule has 0 aliphatic rings. The summed E-state index contributed by atoms with van der Waals surface area (Å²) in [6.07, 6.45) is 1.63. The molecule has 0 aliphatic heterocycles. The molecule has 1 aromatic heterocycles. The number of nitrogens with two attached hydrogens (primary N) is 1. The van der Waals surface area contributed by atoms with Crippen molar-refractivity contribution in [2.24, 2.45) is 5.73 Å². The lowest BCUT2D eigenvalue weighted by molar-refractivity contribution is 0.452. The van der Waals surface area contributed by atoms with E-state index < -0.39 is 16.1 Å². The van der Waals surface area contributed by atoms with E-state index in [4.69, 9.17) is 18.0 Å². The van der Waals surface area contributed by atoms with Crippen LogP contribution in [0.25, 0.3) is 10.9 Å². The van der Waals surface area contributed by atoms with Crippen LogP contribution >= 0.6 is 12.2 Å². The topological polar surface area (TPSA) is 76.3 Å². The number of hydrogen-bond acceptors (Lipinski definition) is 4. The average Bonchev–Trinajstić information content (AvgIpc) is 2.44. The molecule has 20 heavy (non-hydrogen) atoms. The van der Waals surface area contributed by atoms with Gasteiger partial charge in [-0.25, -0.2) is 8.42 Å². The first-order valence-corrected chi connectivity index (χ1v) is 7.81. The van der Waals surface area contributed by atoms with Gasteiger partial charge in [-0.05, 0) is 31.2 Å². The molecule has 1 heterocycles. The van der Waals surface area contributed by atoms with Crippen LogP contribution in [0.2, 0.25) is 0 Å². The van der Waals surface area contributed by atoms with Gasteiger partial charge >= 0.3 is 0 Å². The zero-order valence-electron chi connectivity index (χ0n) is 11.1. The third-order valence-corrected chi connectivity index (χ3v) is 5.55. The second-order valence-electron chi connectivity index (χ2n) is 4.43. The Hall–Kier alpha value is -1.57. The van der Waals surface area contributed by atoms with Crippen molar-refractivity contribution in [3.63, 3.8) is 0 Å². The summed E-state index contributed by atoms with van der Waals surface area (Å²) in [5.74, 6) is 0. The van der Waals surface area contributed by atoms with Gasteiger partial charge in [0.25, 0.3) is 0 Å². The van der Waals surface area contributed by atoms with E-state index in [0.29, 0.717) is 10.9 Å². The van der Waals surface area contributed by atoms with Crippen molar-refractivity contribution in [3.05, 3.63) is 36.5 Å². The molecule has 2 aromatic rings. The largest absolute Gasteiger partial charge is 0.392 e. The molecule has 7 heteroatoms. The monoisotopic (exact) mass is 309 g/mol. The number of likely N-dealkylation sites (N-methyl/N-ethyl adjacent to an activating group) is 1. The standard InChI is InChI=1S/C13H15N3O2S2/c1-9(13(14)19)16(2)20(17,18)12-7-3-6-11-10(12)5-4-8-15-11/h3-9H,1-2H3,(H2,14,19). The second kappa shape index (κ2) is 5.43. The molecule has 1 aromatic carbocycles. The molecule has 0 fully saturated rings. The van der Waals surface area contributed by atoms with Gasteiger partial charge in [0.1, 0.15) is 0 Å². The van der Waals surface area contributed by atoms with Crippen molar-refractivity contribution in [2.75, 3.05) is 7.05 Å². The summed E-state index contributed by atoms with van der Waals surface area (Å²) in [7, 11) is -2.22. The predicted octanol–water partition coefficient (Wildman–Crippen LogP) is 1.53. The zero-order valence-corrected chi connectivity index (χ0v) is 12.8. The lowest BCUT2D eigenvalue weighted by atomic mass is 10.2. The van der Waals surface area contributed by atoms with Gasteiger partial charge in [0, 0.05) is 18.6 Å². The van der Waals surface area contributed by atoms with Crippen LogP contribution in [-0.2, 0) is 10.0 Å². The van der Waals surface area contributed by atoms with Crippen LogP contribution in [0.5, 0.6) is 0 Å². The number of thiocarbonyl (C=S) groups is 1. The Bertz CT molecular complexity index is 754. The Morgan fingerprint density at radius 3 is 2.70 bits per heavy atom. The molecular formula is C13H15N3O2S2. The van der Waals surface area contributed by atoms with E-state index in [1.165, 1.54) is 11.4 Å². The fourth-order valence-electron chi connectivity index (χ4n) is 1.84. The highest BCUT2D eigenvalue weighted by Gasteiger charge is 2.28. The van der Waals surface area contributed by atoms with Crippen molar-refractivity contribution >= 4 is 38.1 Å². The molecule has 0 bridgehead atoms. The predicted molar refractivity (Wildman–Crippen MR) is 82.9 cm³/mol. The number of aromatic nitrogens is 1. The van der Waals surface area contributed by atoms with Crippen LogP contribution in [0.3, 0.4) is 0 Å². The third kappa shape index (κ3) is 2.52. The van der Waals surface area contributed by atoms with Crippen LogP contribution < -0.4 is 5.73 Å². The van der Waals surface area contributed by atoms with Crippen LogP contribution in [0.15, 0.2) is 41.4 Å². The van der Waals surface area contributed by atoms with Gasteiger partial charge in [0.15, 0.2) is 0 Å². The number of pyridine rings is 1. The molecule has 0 radical (unpaired) electrons. The van der Waals surface area contributed by atoms with E-state index in [1.807, 2.05) is 0 Å². The Kier molecular flexibility index (Phi) is 4.03. The van der Waals surface area contributed by atoms with E-state index in [-0.39, 0.29) is 9.88 Å². The normalized spacial score (nSPS) is 13.6. The number of rotatable bonds is 4. The minimum atomic E-state index is -3.68. The summed E-state index contributed by atoms with van der Waals surface area (Å²) < 4.78 is 26.5. The molecule has 2 N–H and O–H groups in total. The highest BCUT2D eigenvalue weighted by atomic mass is 32.2. The van der Waals surface area contributed by atoms with E-state index in [0.717, 1.165) is 0 Å². The molecule has 0 spiro atoms. The molecular weight excluding hydrogens is 294 g/mol. The molecule has 0 saturated heterocycles.